The predicted molar refractivity (Wildman–Crippen MR) is 70.3 cm³/mol. The molecule has 4 heteroatoms. The van der Waals surface area contributed by atoms with Gasteiger partial charge in [0.1, 0.15) is 11.3 Å². The minimum atomic E-state index is -0.324. The fourth-order valence-corrected chi connectivity index (χ4v) is 2.64. The minimum Gasteiger partial charge on any atom is -0.507 e. The van der Waals surface area contributed by atoms with Crippen molar-refractivity contribution in [2.75, 3.05) is 18.0 Å². The molecule has 0 bridgehead atoms. The molecule has 1 aromatic heterocycles. The zero-order chi connectivity index (χ0) is 12.7. The van der Waals surface area contributed by atoms with Crippen LogP contribution >= 0.6 is 0 Å². The summed E-state index contributed by atoms with van der Waals surface area (Å²) >= 11 is 0. The van der Waals surface area contributed by atoms with Crippen LogP contribution in [0.3, 0.4) is 0 Å². The average molecular weight is 245 g/mol. The van der Waals surface area contributed by atoms with E-state index in [4.69, 9.17) is 4.42 Å². The molecule has 0 spiro atoms. The van der Waals surface area contributed by atoms with E-state index in [1.165, 1.54) is 0 Å². The van der Waals surface area contributed by atoms with Crippen molar-refractivity contribution in [3.05, 3.63) is 34.2 Å². The summed E-state index contributed by atoms with van der Waals surface area (Å²) in [5.74, 6) is 0.168. The van der Waals surface area contributed by atoms with Crippen LogP contribution in [0, 0.1) is 6.92 Å². The van der Waals surface area contributed by atoms with E-state index in [9.17, 15) is 9.90 Å². The first-order chi connectivity index (χ1) is 8.68. The maximum absolute atomic E-state index is 11.8. The molecule has 0 saturated carbocycles. The summed E-state index contributed by atoms with van der Waals surface area (Å²) in [4.78, 5) is 14.0. The van der Waals surface area contributed by atoms with Gasteiger partial charge < -0.3 is 14.4 Å². The highest BCUT2D eigenvalue weighted by molar-refractivity contribution is 5.96. The molecule has 1 fully saturated rings. The normalized spacial score (nSPS) is 15.5. The van der Waals surface area contributed by atoms with Crippen molar-refractivity contribution in [2.24, 2.45) is 0 Å². The van der Waals surface area contributed by atoms with E-state index in [2.05, 4.69) is 4.90 Å². The Morgan fingerprint density at radius 3 is 2.72 bits per heavy atom. The van der Waals surface area contributed by atoms with Crippen LogP contribution in [0.15, 0.2) is 27.4 Å². The van der Waals surface area contributed by atoms with E-state index in [0.29, 0.717) is 16.5 Å². The highest BCUT2D eigenvalue weighted by Crippen LogP contribution is 2.36. The number of nitrogens with zero attached hydrogens (tertiary/aromatic N) is 1. The van der Waals surface area contributed by atoms with Gasteiger partial charge in [0.25, 0.3) is 0 Å². The summed E-state index contributed by atoms with van der Waals surface area (Å²) in [5.41, 5.74) is 1.53. The molecule has 0 unspecified atom stereocenters. The fourth-order valence-electron chi connectivity index (χ4n) is 2.64. The highest BCUT2D eigenvalue weighted by atomic mass is 16.4. The largest absolute Gasteiger partial charge is 0.507 e. The van der Waals surface area contributed by atoms with Crippen LogP contribution < -0.4 is 10.5 Å². The third-order valence-corrected chi connectivity index (χ3v) is 3.53. The molecule has 2 aromatic rings. The Morgan fingerprint density at radius 2 is 2.00 bits per heavy atom. The van der Waals surface area contributed by atoms with E-state index in [0.717, 1.165) is 31.6 Å². The average Bonchev–Trinajstić information content (AvgIpc) is 2.85. The second kappa shape index (κ2) is 4.05. The van der Waals surface area contributed by atoms with Gasteiger partial charge in [-0.3, -0.25) is 0 Å². The van der Waals surface area contributed by atoms with Gasteiger partial charge in [0.05, 0.1) is 16.6 Å². The number of phenols is 1. The zero-order valence-corrected chi connectivity index (χ0v) is 10.3. The summed E-state index contributed by atoms with van der Waals surface area (Å²) in [6.45, 7) is 3.60. The second-order valence-electron chi connectivity index (χ2n) is 4.71. The molecule has 3 rings (SSSR count). The number of phenolic OH excluding ortho intramolecular Hbond substituents is 1. The van der Waals surface area contributed by atoms with Gasteiger partial charge in [-0.05, 0) is 31.9 Å². The summed E-state index contributed by atoms with van der Waals surface area (Å²) < 4.78 is 5.23. The number of anilines is 1. The fraction of sp³-hybridized carbons (Fsp3) is 0.357. The van der Waals surface area contributed by atoms with Gasteiger partial charge in [-0.2, -0.15) is 0 Å². The Labute approximate surface area is 104 Å². The van der Waals surface area contributed by atoms with Gasteiger partial charge in [-0.1, -0.05) is 6.07 Å². The third kappa shape index (κ3) is 1.56. The van der Waals surface area contributed by atoms with Gasteiger partial charge in [0.15, 0.2) is 0 Å². The van der Waals surface area contributed by atoms with Crippen molar-refractivity contribution < 1.29 is 9.52 Å². The predicted octanol–water partition coefficient (Wildman–Crippen LogP) is 2.41. The maximum Gasteiger partial charge on any atom is 0.341 e. The van der Waals surface area contributed by atoms with E-state index < -0.39 is 0 Å². The number of benzene rings is 1. The first kappa shape index (κ1) is 11.1. The van der Waals surface area contributed by atoms with Crippen LogP contribution in [0.4, 0.5) is 5.69 Å². The molecule has 0 amide bonds. The molecular weight excluding hydrogens is 230 g/mol. The minimum absolute atomic E-state index is 0.168. The van der Waals surface area contributed by atoms with Crippen molar-refractivity contribution >= 4 is 16.7 Å². The lowest BCUT2D eigenvalue weighted by molar-refractivity contribution is 0.478. The van der Waals surface area contributed by atoms with Gasteiger partial charge in [-0.15, -0.1) is 0 Å². The van der Waals surface area contributed by atoms with Crippen LogP contribution in [0.2, 0.25) is 0 Å². The SMILES string of the molecule is Cc1c(N2CCCC2)c2c(O)cccc2oc1=O. The van der Waals surface area contributed by atoms with Crippen molar-refractivity contribution in [1.82, 2.24) is 0 Å². The molecule has 0 radical (unpaired) electrons. The quantitative estimate of drug-likeness (QED) is 0.784. The Hall–Kier alpha value is -1.97. The van der Waals surface area contributed by atoms with Gasteiger partial charge in [0.2, 0.25) is 0 Å². The first-order valence-electron chi connectivity index (χ1n) is 6.19. The molecule has 1 aromatic carbocycles. The van der Waals surface area contributed by atoms with Gasteiger partial charge >= 0.3 is 5.63 Å². The Morgan fingerprint density at radius 1 is 1.28 bits per heavy atom. The first-order valence-corrected chi connectivity index (χ1v) is 6.19. The monoisotopic (exact) mass is 245 g/mol. The number of hydrogen-bond donors (Lipinski definition) is 1. The van der Waals surface area contributed by atoms with Crippen LogP contribution in [0.25, 0.3) is 11.0 Å². The maximum atomic E-state index is 11.8. The lowest BCUT2D eigenvalue weighted by atomic mass is 10.1. The summed E-state index contributed by atoms with van der Waals surface area (Å²) in [7, 11) is 0. The molecular formula is C14H15NO3. The van der Waals surface area contributed by atoms with Crippen molar-refractivity contribution in [1.29, 1.82) is 0 Å². The van der Waals surface area contributed by atoms with Crippen molar-refractivity contribution in [2.45, 2.75) is 19.8 Å². The number of fused-ring (bicyclic) bond motifs is 1. The van der Waals surface area contributed by atoms with E-state index in [1.54, 1.807) is 25.1 Å². The highest BCUT2D eigenvalue weighted by Gasteiger charge is 2.21. The number of hydrogen-bond acceptors (Lipinski definition) is 4. The summed E-state index contributed by atoms with van der Waals surface area (Å²) in [6, 6.07) is 5.03. The molecule has 18 heavy (non-hydrogen) atoms. The topological polar surface area (TPSA) is 53.7 Å². The molecule has 1 N–H and O–H groups in total. The van der Waals surface area contributed by atoms with Crippen molar-refractivity contribution in [3.8, 4) is 5.75 Å². The number of aromatic hydroxyl groups is 1. The van der Waals surface area contributed by atoms with Gasteiger partial charge in [-0.25, -0.2) is 4.79 Å². The Bertz CT molecular complexity index is 654. The van der Waals surface area contributed by atoms with Crippen LogP contribution in [0.5, 0.6) is 5.75 Å². The van der Waals surface area contributed by atoms with E-state index in [1.807, 2.05) is 0 Å². The smallest absolute Gasteiger partial charge is 0.341 e. The standard InChI is InChI=1S/C14H15NO3/c1-9-13(15-7-2-3-8-15)12-10(16)5-4-6-11(12)18-14(9)17/h4-6,16H,2-3,7-8H2,1H3. The lowest BCUT2D eigenvalue weighted by Crippen LogP contribution is -2.22. The zero-order valence-electron chi connectivity index (χ0n) is 10.3. The lowest BCUT2D eigenvalue weighted by Gasteiger charge is -2.21. The van der Waals surface area contributed by atoms with Gasteiger partial charge in [0, 0.05) is 13.1 Å². The molecule has 4 nitrogen and oxygen atoms in total. The molecule has 1 aliphatic rings. The molecule has 2 heterocycles. The van der Waals surface area contributed by atoms with Crippen LogP contribution in [0.1, 0.15) is 18.4 Å². The molecule has 0 aliphatic carbocycles. The van der Waals surface area contributed by atoms with Crippen LogP contribution in [-0.4, -0.2) is 18.2 Å². The molecule has 0 atom stereocenters. The summed E-state index contributed by atoms with van der Waals surface area (Å²) in [5, 5.41) is 10.7. The molecule has 94 valence electrons. The van der Waals surface area contributed by atoms with E-state index >= 15 is 0 Å². The van der Waals surface area contributed by atoms with Crippen LogP contribution in [-0.2, 0) is 0 Å². The van der Waals surface area contributed by atoms with E-state index in [-0.39, 0.29) is 11.4 Å². The third-order valence-electron chi connectivity index (χ3n) is 3.53. The molecule has 1 aliphatic heterocycles. The summed E-state index contributed by atoms with van der Waals surface area (Å²) in [6.07, 6.45) is 2.24. The Balaban J connectivity index is 2.38. The van der Waals surface area contributed by atoms with Crippen molar-refractivity contribution in [3.63, 3.8) is 0 Å². The number of rotatable bonds is 1. The Kier molecular flexibility index (Phi) is 2.51. The second-order valence-corrected chi connectivity index (χ2v) is 4.71. The molecule has 1 saturated heterocycles.